The molecule has 0 saturated carbocycles. The van der Waals surface area contributed by atoms with Crippen LogP contribution in [0.3, 0.4) is 0 Å². The van der Waals surface area contributed by atoms with Crippen LogP contribution < -0.4 is 34.7 Å². The number of para-hydroxylation sites is 1. The van der Waals surface area contributed by atoms with Crippen LogP contribution in [0.5, 0.6) is 5.75 Å². The second-order valence-corrected chi connectivity index (χ2v) is 3.97. The van der Waals surface area contributed by atoms with E-state index in [2.05, 4.69) is 4.99 Å². The van der Waals surface area contributed by atoms with E-state index in [-0.39, 0.29) is 40.8 Å². The normalized spacial score (nSPS) is 11.4. The van der Waals surface area contributed by atoms with Crippen molar-refractivity contribution in [2.75, 3.05) is 0 Å². The molecule has 0 saturated heterocycles. The van der Waals surface area contributed by atoms with Crippen molar-refractivity contribution >= 4 is 6.21 Å². The van der Waals surface area contributed by atoms with Crippen molar-refractivity contribution in [3.8, 4) is 5.75 Å². The molecular weight excluding hydrogens is 185 g/mol. The Hall–Kier alpha value is -0.310. The predicted molar refractivity (Wildman–Crippen MR) is 53.2 cm³/mol. The molecule has 0 N–H and O–H groups in total. The summed E-state index contributed by atoms with van der Waals surface area (Å²) in [5.41, 5.74) is 0.528. The number of benzene rings is 1. The van der Waals surface area contributed by atoms with E-state index in [1.165, 1.54) is 0 Å². The topological polar surface area (TPSA) is 35.4 Å². The molecular formula is C11H14NNaO. The predicted octanol–water partition coefficient (Wildman–Crippen LogP) is -1.02. The van der Waals surface area contributed by atoms with Crippen molar-refractivity contribution in [3.63, 3.8) is 0 Å². The van der Waals surface area contributed by atoms with Gasteiger partial charge in [-0.25, -0.2) is 0 Å². The maximum Gasteiger partial charge on any atom is 1.00 e. The molecule has 0 fully saturated rings. The average Bonchev–Trinajstić information content (AvgIpc) is 2.01. The summed E-state index contributed by atoms with van der Waals surface area (Å²) in [5, 5.41) is 11.2. The van der Waals surface area contributed by atoms with Gasteiger partial charge in [-0.3, -0.25) is 4.99 Å². The molecule has 0 spiro atoms. The summed E-state index contributed by atoms with van der Waals surface area (Å²) in [5.74, 6) is 0.0236. The standard InChI is InChI=1S/C11H15NO.Na/c1-11(2,3)12-8-9-6-4-5-7-10(9)13;/h4-8,13H,1-3H3;/q;+1/p-1. The summed E-state index contributed by atoms with van der Waals surface area (Å²) in [4.78, 5) is 4.26. The second-order valence-electron chi connectivity index (χ2n) is 3.97. The van der Waals surface area contributed by atoms with Crippen molar-refractivity contribution < 1.29 is 34.7 Å². The zero-order valence-electron chi connectivity index (χ0n) is 9.24. The quantitative estimate of drug-likeness (QED) is 0.421. The SMILES string of the molecule is CC(C)(C)N=Cc1ccccc1[O-].[Na+]. The Labute approximate surface area is 107 Å². The summed E-state index contributed by atoms with van der Waals surface area (Å²) in [7, 11) is 0. The Kier molecular flexibility index (Phi) is 5.42. The number of nitrogens with zero attached hydrogens (tertiary/aromatic N) is 1. The third-order valence-electron chi connectivity index (χ3n) is 1.51. The fourth-order valence-electron chi connectivity index (χ4n) is 0.850. The van der Waals surface area contributed by atoms with E-state index in [1.807, 2.05) is 26.8 Å². The first kappa shape index (κ1) is 13.7. The first-order chi connectivity index (χ1) is 5.99. The first-order valence-electron chi connectivity index (χ1n) is 4.30. The molecule has 0 atom stereocenters. The molecule has 0 amide bonds. The number of aliphatic imine (C=N–C) groups is 1. The summed E-state index contributed by atoms with van der Waals surface area (Å²) in [6.07, 6.45) is 1.64. The largest absolute Gasteiger partial charge is 1.00 e. The minimum atomic E-state index is -0.123. The molecule has 1 rings (SSSR count). The molecule has 0 aliphatic rings. The Morgan fingerprint density at radius 3 is 2.29 bits per heavy atom. The second kappa shape index (κ2) is 5.54. The van der Waals surface area contributed by atoms with Crippen LogP contribution in [0, 0.1) is 0 Å². The molecule has 3 heteroatoms. The van der Waals surface area contributed by atoms with E-state index < -0.39 is 0 Å². The van der Waals surface area contributed by atoms with Crippen molar-refractivity contribution in [3.05, 3.63) is 29.8 Å². The van der Waals surface area contributed by atoms with Gasteiger partial charge >= 0.3 is 29.6 Å². The van der Waals surface area contributed by atoms with Crippen LogP contribution in [-0.2, 0) is 0 Å². The van der Waals surface area contributed by atoms with Crippen LogP contribution in [0.1, 0.15) is 26.3 Å². The smallest absolute Gasteiger partial charge is 0.872 e. The Morgan fingerprint density at radius 1 is 1.21 bits per heavy atom. The Morgan fingerprint density at radius 2 is 1.79 bits per heavy atom. The molecule has 0 bridgehead atoms. The number of hydrogen-bond acceptors (Lipinski definition) is 2. The van der Waals surface area contributed by atoms with E-state index in [9.17, 15) is 5.11 Å². The van der Waals surface area contributed by atoms with Gasteiger partial charge in [0.1, 0.15) is 0 Å². The molecule has 0 radical (unpaired) electrons. The van der Waals surface area contributed by atoms with Crippen molar-refractivity contribution in [2.45, 2.75) is 26.3 Å². The van der Waals surface area contributed by atoms with Crippen LogP contribution in [0.4, 0.5) is 0 Å². The summed E-state index contributed by atoms with van der Waals surface area (Å²) < 4.78 is 0. The average molecular weight is 199 g/mol. The first-order valence-corrected chi connectivity index (χ1v) is 4.30. The zero-order chi connectivity index (χ0) is 9.90. The van der Waals surface area contributed by atoms with Crippen LogP contribution in [0.15, 0.2) is 29.3 Å². The van der Waals surface area contributed by atoms with Gasteiger partial charge in [-0.15, -0.1) is 5.75 Å². The molecule has 2 nitrogen and oxygen atoms in total. The van der Waals surface area contributed by atoms with Crippen LogP contribution in [0.2, 0.25) is 0 Å². The molecule has 1 aromatic rings. The Bertz CT molecular complexity index is 315. The molecule has 70 valence electrons. The number of rotatable bonds is 1. The molecule has 1 aromatic carbocycles. The minimum Gasteiger partial charge on any atom is -0.872 e. The molecule has 0 aliphatic heterocycles. The van der Waals surface area contributed by atoms with Crippen molar-refractivity contribution in [1.29, 1.82) is 0 Å². The summed E-state index contributed by atoms with van der Waals surface area (Å²) >= 11 is 0. The van der Waals surface area contributed by atoms with Gasteiger partial charge in [0.25, 0.3) is 0 Å². The summed E-state index contributed by atoms with van der Waals surface area (Å²) in [6.45, 7) is 5.99. The van der Waals surface area contributed by atoms with Gasteiger partial charge in [-0.1, -0.05) is 24.3 Å². The van der Waals surface area contributed by atoms with Gasteiger partial charge in [0, 0.05) is 6.21 Å². The van der Waals surface area contributed by atoms with Gasteiger partial charge in [0.2, 0.25) is 0 Å². The van der Waals surface area contributed by atoms with E-state index in [0.717, 1.165) is 0 Å². The maximum atomic E-state index is 11.2. The molecule has 0 unspecified atom stereocenters. The van der Waals surface area contributed by atoms with Crippen LogP contribution >= 0.6 is 0 Å². The monoisotopic (exact) mass is 199 g/mol. The molecule has 0 heterocycles. The van der Waals surface area contributed by atoms with E-state index in [0.29, 0.717) is 5.56 Å². The third kappa shape index (κ3) is 4.80. The van der Waals surface area contributed by atoms with Gasteiger partial charge in [-0.05, 0) is 26.3 Å². The third-order valence-corrected chi connectivity index (χ3v) is 1.51. The van der Waals surface area contributed by atoms with Crippen molar-refractivity contribution in [1.82, 2.24) is 0 Å². The van der Waals surface area contributed by atoms with Gasteiger partial charge < -0.3 is 5.11 Å². The van der Waals surface area contributed by atoms with E-state index in [1.54, 1.807) is 24.4 Å². The van der Waals surface area contributed by atoms with Crippen LogP contribution in [-0.4, -0.2) is 11.8 Å². The Balaban J connectivity index is 0.00000169. The minimum absolute atomic E-state index is 0. The fraction of sp³-hybridized carbons (Fsp3) is 0.364. The molecule has 0 aromatic heterocycles. The van der Waals surface area contributed by atoms with Crippen molar-refractivity contribution in [2.24, 2.45) is 4.99 Å². The molecule has 14 heavy (non-hydrogen) atoms. The summed E-state index contributed by atoms with van der Waals surface area (Å²) in [6, 6.07) is 6.89. The zero-order valence-corrected chi connectivity index (χ0v) is 11.2. The van der Waals surface area contributed by atoms with E-state index >= 15 is 0 Å². The van der Waals surface area contributed by atoms with Gasteiger partial charge in [0.05, 0.1) is 5.54 Å². The van der Waals surface area contributed by atoms with E-state index in [4.69, 9.17) is 0 Å². The fourth-order valence-corrected chi connectivity index (χ4v) is 0.850. The maximum absolute atomic E-state index is 11.2. The number of hydrogen-bond donors (Lipinski definition) is 0. The molecule has 0 aliphatic carbocycles. The van der Waals surface area contributed by atoms with Crippen LogP contribution in [0.25, 0.3) is 0 Å². The van der Waals surface area contributed by atoms with Gasteiger partial charge in [-0.2, -0.15) is 0 Å². The van der Waals surface area contributed by atoms with Gasteiger partial charge in [0.15, 0.2) is 0 Å².